The molecule has 6 nitrogen and oxygen atoms in total. The Morgan fingerprint density at radius 2 is 2.06 bits per heavy atom. The summed E-state index contributed by atoms with van der Waals surface area (Å²) in [6, 6.07) is 3.16. The maximum absolute atomic E-state index is 11.4. The lowest BCUT2D eigenvalue weighted by molar-refractivity contribution is 0.169. The van der Waals surface area contributed by atoms with Crippen molar-refractivity contribution in [1.29, 1.82) is 0 Å². The average molecular weight is 276 g/mol. The molecule has 104 valence electrons. The fraction of sp³-hybridized carbons (Fsp3) is 0.636. The number of sulfonamides is 1. The molecule has 0 bridgehead atoms. The van der Waals surface area contributed by atoms with E-state index in [0.717, 1.165) is 0 Å². The second-order valence-corrected chi connectivity index (χ2v) is 6.11. The Balaban J connectivity index is 2.55. The molecule has 0 saturated carbocycles. The molecule has 7 heteroatoms. The molecule has 1 aromatic heterocycles. The molecule has 0 amide bonds. The zero-order valence-corrected chi connectivity index (χ0v) is 11.6. The predicted molar refractivity (Wildman–Crippen MR) is 67.6 cm³/mol. The van der Waals surface area contributed by atoms with Crippen LogP contribution in [0, 0.1) is 0 Å². The van der Waals surface area contributed by atoms with Crippen LogP contribution in [0.4, 0.5) is 0 Å². The first-order valence-corrected chi connectivity index (χ1v) is 7.27. The summed E-state index contributed by atoms with van der Waals surface area (Å²) < 4.78 is 30.3. The second kappa shape index (κ2) is 6.33. The molecule has 18 heavy (non-hydrogen) atoms. The molecule has 1 aromatic rings. The van der Waals surface area contributed by atoms with E-state index in [0.29, 0.717) is 18.7 Å². The van der Waals surface area contributed by atoms with Gasteiger partial charge in [-0.15, -0.1) is 0 Å². The highest BCUT2D eigenvalue weighted by Crippen LogP contribution is 2.13. The summed E-state index contributed by atoms with van der Waals surface area (Å²) in [7, 11) is -2.19. The average Bonchev–Trinajstić information content (AvgIpc) is 2.74. The maximum atomic E-state index is 11.4. The minimum absolute atomic E-state index is 0.0926. The summed E-state index contributed by atoms with van der Waals surface area (Å²) in [6.45, 7) is 4.09. The van der Waals surface area contributed by atoms with Gasteiger partial charge in [-0.05, 0) is 39.4 Å². The van der Waals surface area contributed by atoms with Gasteiger partial charge in [-0.1, -0.05) is 0 Å². The van der Waals surface area contributed by atoms with Gasteiger partial charge < -0.3 is 14.8 Å². The fourth-order valence-electron chi connectivity index (χ4n) is 1.57. The van der Waals surface area contributed by atoms with Crippen LogP contribution in [0.2, 0.25) is 0 Å². The molecular weight excluding hydrogens is 256 g/mol. The number of rotatable bonds is 7. The molecule has 0 saturated heterocycles. The summed E-state index contributed by atoms with van der Waals surface area (Å²) in [6.07, 6.45) is 0.256. The summed E-state index contributed by atoms with van der Waals surface area (Å²) in [5, 5.41) is 12.3. The minimum Gasteiger partial charge on any atom is -0.447 e. The van der Waals surface area contributed by atoms with Crippen LogP contribution in [0.3, 0.4) is 0 Å². The summed E-state index contributed by atoms with van der Waals surface area (Å²) in [4.78, 5) is 0. The topological polar surface area (TPSA) is 91.6 Å². The lowest BCUT2D eigenvalue weighted by Gasteiger charge is -2.14. The highest BCUT2D eigenvalue weighted by molar-refractivity contribution is 7.89. The molecule has 2 atom stereocenters. The molecule has 0 spiro atoms. The van der Waals surface area contributed by atoms with E-state index in [2.05, 4.69) is 10.0 Å². The Kier molecular flexibility index (Phi) is 5.33. The van der Waals surface area contributed by atoms with E-state index >= 15 is 0 Å². The van der Waals surface area contributed by atoms with Gasteiger partial charge in [0, 0.05) is 6.04 Å². The molecule has 0 aliphatic carbocycles. The van der Waals surface area contributed by atoms with Crippen molar-refractivity contribution in [2.75, 3.05) is 7.05 Å². The first-order valence-electron chi connectivity index (χ1n) is 5.79. The molecule has 0 fully saturated rings. The van der Waals surface area contributed by atoms with Crippen molar-refractivity contribution in [2.45, 2.75) is 44.1 Å². The fourth-order valence-corrected chi connectivity index (χ4v) is 2.23. The lowest BCUT2D eigenvalue weighted by atomic mass is 10.1. The number of aliphatic hydroxyl groups is 1. The lowest BCUT2D eigenvalue weighted by Crippen LogP contribution is -2.28. The Bertz CT molecular complexity index is 467. The predicted octanol–water partition coefficient (Wildman–Crippen LogP) is 0.437. The quantitative estimate of drug-likeness (QED) is 0.672. The van der Waals surface area contributed by atoms with Gasteiger partial charge in [-0.25, -0.2) is 13.1 Å². The molecular formula is C11H20N2O4S. The van der Waals surface area contributed by atoms with Gasteiger partial charge in [0.25, 0.3) is 10.0 Å². The standard InChI is InChI=1S/C11H20N2O4S/c1-8(6-9(2)14)13-7-10-4-5-11(17-10)18(15,16)12-3/h4-5,8-9,12-14H,6-7H2,1-3H3. The maximum Gasteiger partial charge on any atom is 0.273 e. The van der Waals surface area contributed by atoms with Crippen LogP contribution in [-0.4, -0.2) is 32.7 Å². The number of furan rings is 1. The van der Waals surface area contributed by atoms with Crippen LogP contribution in [0.25, 0.3) is 0 Å². The van der Waals surface area contributed by atoms with Crippen molar-refractivity contribution >= 4 is 10.0 Å². The van der Waals surface area contributed by atoms with Crippen LogP contribution in [0.1, 0.15) is 26.0 Å². The smallest absolute Gasteiger partial charge is 0.273 e. The van der Waals surface area contributed by atoms with Gasteiger partial charge in [0.2, 0.25) is 5.09 Å². The van der Waals surface area contributed by atoms with Crippen molar-refractivity contribution in [2.24, 2.45) is 0 Å². The number of aliphatic hydroxyl groups excluding tert-OH is 1. The van der Waals surface area contributed by atoms with Crippen molar-refractivity contribution in [3.8, 4) is 0 Å². The largest absolute Gasteiger partial charge is 0.447 e. The van der Waals surface area contributed by atoms with Crippen LogP contribution in [0.5, 0.6) is 0 Å². The Morgan fingerprint density at radius 1 is 1.39 bits per heavy atom. The minimum atomic E-state index is -3.52. The zero-order chi connectivity index (χ0) is 13.8. The van der Waals surface area contributed by atoms with Gasteiger partial charge >= 0.3 is 0 Å². The molecule has 0 aliphatic heterocycles. The third-order valence-corrected chi connectivity index (χ3v) is 3.78. The van der Waals surface area contributed by atoms with Crippen LogP contribution in [-0.2, 0) is 16.6 Å². The van der Waals surface area contributed by atoms with E-state index in [9.17, 15) is 13.5 Å². The van der Waals surface area contributed by atoms with Gasteiger partial charge in [0.15, 0.2) is 0 Å². The van der Waals surface area contributed by atoms with E-state index in [4.69, 9.17) is 4.42 Å². The highest BCUT2D eigenvalue weighted by Gasteiger charge is 2.16. The number of nitrogens with one attached hydrogen (secondary N) is 2. The van der Waals surface area contributed by atoms with Crippen molar-refractivity contribution < 1.29 is 17.9 Å². The van der Waals surface area contributed by atoms with Crippen LogP contribution >= 0.6 is 0 Å². The van der Waals surface area contributed by atoms with Gasteiger partial charge in [-0.3, -0.25) is 0 Å². The van der Waals surface area contributed by atoms with Crippen molar-refractivity contribution in [3.05, 3.63) is 17.9 Å². The second-order valence-electron chi connectivity index (χ2n) is 4.29. The first-order chi connectivity index (χ1) is 8.35. The molecule has 0 aliphatic rings. The molecule has 0 radical (unpaired) electrons. The Hall–Kier alpha value is -0.890. The van der Waals surface area contributed by atoms with E-state index < -0.39 is 10.0 Å². The third-order valence-electron chi connectivity index (χ3n) is 2.49. The van der Waals surface area contributed by atoms with Crippen molar-refractivity contribution in [1.82, 2.24) is 10.0 Å². The summed E-state index contributed by atoms with van der Waals surface area (Å²) in [5.41, 5.74) is 0. The number of hydrogen-bond acceptors (Lipinski definition) is 5. The van der Waals surface area contributed by atoms with E-state index in [1.807, 2.05) is 6.92 Å². The van der Waals surface area contributed by atoms with Gasteiger partial charge in [0.1, 0.15) is 5.76 Å². The Labute approximate surface area is 107 Å². The van der Waals surface area contributed by atoms with E-state index in [-0.39, 0.29) is 17.2 Å². The van der Waals surface area contributed by atoms with E-state index in [1.54, 1.807) is 13.0 Å². The van der Waals surface area contributed by atoms with Gasteiger partial charge in [-0.2, -0.15) is 0 Å². The molecule has 2 unspecified atom stereocenters. The molecule has 3 N–H and O–H groups in total. The molecule has 1 rings (SSSR count). The van der Waals surface area contributed by atoms with Gasteiger partial charge in [0.05, 0.1) is 12.6 Å². The highest BCUT2D eigenvalue weighted by atomic mass is 32.2. The zero-order valence-electron chi connectivity index (χ0n) is 10.8. The third kappa shape index (κ3) is 4.41. The van der Waals surface area contributed by atoms with E-state index in [1.165, 1.54) is 13.1 Å². The Morgan fingerprint density at radius 3 is 2.61 bits per heavy atom. The number of hydrogen-bond donors (Lipinski definition) is 3. The first kappa shape index (κ1) is 15.2. The summed E-state index contributed by atoms with van der Waals surface area (Å²) >= 11 is 0. The van der Waals surface area contributed by atoms with Crippen LogP contribution in [0.15, 0.2) is 21.6 Å². The normalized spacial score (nSPS) is 15.6. The summed E-state index contributed by atoms with van der Waals surface area (Å²) in [5.74, 6) is 0.543. The molecule has 1 heterocycles. The SMILES string of the molecule is CNS(=O)(=O)c1ccc(CNC(C)CC(C)O)o1. The van der Waals surface area contributed by atoms with Crippen LogP contribution < -0.4 is 10.0 Å². The van der Waals surface area contributed by atoms with Crippen molar-refractivity contribution in [3.63, 3.8) is 0 Å². The monoisotopic (exact) mass is 276 g/mol. The molecule has 0 aromatic carbocycles.